The van der Waals surface area contributed by atoms with E-state index in [1.165, 1.54) is 0 Å². The number of hydrogen-bond donors (Lipinski definition) is 1. The van der Waals surface area contributed by atoms with E-state index >= 15 is 0 Å². The molecule has 2 amide bonds. The third-order valence-electron chi connectivity index (χ3n) is 8.31. The Bertz CT molecular complexity index is 981. The number of hydrogen-bond acceptors (Lipinski definition) is 6. The van der Waals surface area contributed by atoms with Gasteiger partial charge in [-0.15, -0.1) is 0 Å². The van der Waals surface area contributed by atoms with Crippen molar-refractivity contribution in [2.24, 2.45) is 17.3 Å². The summed E-state index contributed by atoms with van der Waals surface area (Å²) in [6, 6.07) is -0.856. The average molecular weight is 517 g/mol. The quantitative estimate of drug-likeness (QED) is 0.302. The molecule has 0 aromatic heterocycles. The van der Waals surface area contributed by atoms with Crippen molar-refractivity contribution in [3.05, 3.63) is 24.3 Å². The molecule has 0 bridgehead atoms. The highest BCUT2D eigenvalue weighted by Gasteiger charge is 2.75. The number of nitrogens with zero attached hydrogens (tertiary/aromatic N) is 2. The van der Waals surface area contributed by atoms with E-state index in [2.05, 4.69) is 34.6 Å². The number of rotatable bonds is 8. The molecular formula is C29H44N2O6. The summed E-state index contributed by atoms with van der Waals surface area (Å²) >= 11 is 0. The lowest BCUT2D eigenvalue weighted by Gasteiger charge is -2.44. The van der Waals surface area contributed by atoms with Crippen LogP contribution in [0.3, 0.4) is 0 Å². The van der Waals surface area contributed by atoms with E-state index in [-0.39, 0.29) is 30.4 Å². The van der Waals surface area contributed by atoms with E-state index in [0.717, 1.165) is 19.3 Å². The molecular weight excluding hydrogens is 472 g/mol. The number of amides is 2. The number of aliphatic hydroxyl groups excluding tert-OH is 1. The minimum absolute atomic E-state index is 0.00299. The monoisotopic (exact) mass is 516 g/mol. The van der Waals surface area contributed by atoms with Crippen LogP contribution in [0.1, 0.15) is 73.6 Å². The molecule has 1 spiro atoms. The summed E-state index contributed by atoms with van der Waals surface area (Å²) in [6.07, 6.45) is 11.3. The first-order chi connectivity index (χ1) is 17.3. The van der Waals surface area contributed by atoms with E-state index in [9.17, 15) is 14.4 Å². The molecule has 4 heterocycles. The van der Waals surface area contributed by atoms with Crippen molar-refractivity contribution >= 4 is 17.8 Å². The van der Waals surface area contributed by atoms with Crippen molar-refractivity contribution in [3.8, 4) is 0 Å². The Morgan fingerprint density at radius 1 is 0.973 bits per heavy atom. The zero-order valence-corrected chi connectivity index (χ0v) is 23.3. The molecule has 206 valence electrons. The van der Waals surface area contributed by atoms with Crippen molar-refractivity contribution in [3.63, 3.8) is 0 Å². The number of ether oxygens (including phenoxy) is 2. The van der Waals surface area contributed by atoms with Crippen LogP contribution in [0, 0.1) is 17.3 Å². The number of likely N-dealkylation sites (tertiary alicyclic amines) is 1. The van der Waals surface area contributed by atoms with Gasteiger partial charge in [0.1, 0.15) is 24.2 Å². The second kappa shape index (κ2) is 9.84. The number of cyclic esters (lactones) is 1. The summed E-state index contributed by atoms with van der Waals surface area (Å²) in [6.45, 7) is 13.6. The van der Waals surface area contributed by atoms with Gasteiger partial charge in [0.15, 0.2) is 0 Å². The van der Waals surface area contributed by atoms with Gasteiger partial charge >= 0.3 is 5.97 Å². The van der Waals surface area contributed by atoms with E-state index in [0.29, 0.717) is 25.9 Å². The van der Waals surface area contributed by atoms with Gasteiger partial charge in [0.2, 0.25) is 11.8 Å². The molecule has 0 radical (unpaired) electrons. The minimum Gasteiger partial charge on any atom is -0.461 e. The largest absolute Gasteiger partial charge is 0.461 e. The van der Waals surface area contributed by atoms with Crippen molar-refractivity contribution in [2.75, 3.05) is 26.3 Å². The zero-order chi connectivity index (χ0) is 27.2. The van der Waals surface area contributed by atoms with E-state index in [4.69, 9.17) is 14.6 Å². The third-order valence-corrected chi connectivity index (χ3v) is 8.31. The van der Waals surface area contributed by atoms with Crippen LogP contribution in [-0.4, -0.2) is 81.8 Å². The first kappa shape index (κ1) is 27.8. The number of esters is 1. The molecule has 2 saturated heterocycles. The van der Waals surface area contributed by atoms with Gasteiger partial charge in [-0.2, -0.15) is 0 Å². The number of aliphatic hydroxyl groups is 1. The van der Waals surface area contributed by atoms with Gasteiger partial charge in [0, 0.05) is 25.2 Å². The summed E-state index contributed by atoms with van der Waals surface area (Å²) in [5, 5.41) is 9.13. The summed E-state index contributed by atoms with van der Waals surface area (Å²) < 4.78 is 12.2. The van der Waals surface area contributed by atoms with Crippen molar-refractivity contribution in [1.82, 2.24) is 9.80 Å². The van der Waals surface area contributed by atoms with Crippen LogP contribution in [0.2, 0.25) is 0 Å². The lowest BCUT2D eigenvalue weighted by molar-refractivity contribution is -0.159. The minimum atomic E-state index is -1.24. The van der Waals surface area contributed by atoms with E-state index in [1.807, 2.05) is 30.1 Å². The molecule has 4 aliphatic rings. The standard InChI is InChI=1S/C29H44N2O6/c1-26(2,3)19-27(4,5)31-16-11-14-29-20(21-25(35)36-18-12-13-28(21,6)37-29)23(33)30(22(29)24(31)34)15-9-7-8-10-17-32/h11-14,20-22,32H,7-10,15-19H2,1-6H3/t20-,21+,22?,28-,29-/m0/s1. The fourth-order valence-corrected chi connectivity index (χ4v) is 7.28. The second-order valence-electron chi connectivity index (χ2n) is 13.1. The molecule has 5 atom stereocenters. The van der Waals surface area contributed by atoms with Crippen LogP contribution in [-0.2, 0) is 23.9 Å². The topological polar surface area (TPSA) is 96.4 Å². The highest BCUT2D eigenvalue weighted by atomic mass is 16.6. The first-order valence-electron chi connectivity index (χ1n) is 13.7. The highest BCUT2D eigenvalue weighted by molar-refractivity contribution is 5.99. The second-order valence-corrected chi connectivity index (χ2v) is 13.1. The maximum absolute atomic E-state index is 14.5. The fraction of sp³-hybridized carbons (Fsp3) is 0.759. The van der Waals surface area contributed by atoms with Gasteiger partial charge < -0.3 is 24.4 Å². The molecule has 37 heavy (non-hydrogen) atoms. The molecule has 0 saturated carbocycles. The normalized spacial score (nSPS) is 33.7. The Hall–Kier alpha value is -2.19. The maximum atomic E-state index is 14.5. The van der Waals surface area contributed by atoms with E-state index < -0.39 is 40.6 Å². The van der Waals surface area contributed by atoms with Gasteiger partial charge in [-0.25, -0.2) is 0 Å². The molecule has 1 N–H and O–H groups in total. The van der Waals surface area contributed by atoms with Gasteiger partial charge in [-0.05, 0) is 51.5 Å². The Morgan fingerprint density at radius 3 is 2.35 bits per heavy atom. The first-order valence-corrected chi connectivity index (χ1v) is 13.7. The molecule has 8 nitrogen and oxygen atoms in total. The lowest BCUT2D eigenvalue weighted by Crippen LogP contribution is -2.60. The van der Waals surface area contributed by atoms with Crippen molar-refractivity contribution in [2.45, 2.75) is 96.4 Å². The number of unbranched alkanes of at least 4 members (excludes halogenated alkanes) is 3. The Balaban J connectivity index is 1.76. The SMILES string of the molecule is CC(C)(C)CC(C)(C)N1CC=C[C@]23O[C@@]4(C)C=CCOC(=O)[C@H]4[C@H]2C(=O)N(CCCCCCO)C3C1=O. The van der Waals surface area contributed by atoms with Crippen molar-refractivity contribution in [1.29, 1.82) is 0 Å². The van der Waals surface area contributed by atoms with Crippen LogP contribution in [0.25, 0.3) is 0 Å². The maximum Gasteiger partial charge on any atom is 0.313 e. The van der Waals surface area contributed by atoms with Crippen LogP contribution in [0.5, 0.6) is 0 Å². The zero-order valence-electron chi connectivity index (χ0n) is 23.3. The number of fused-ring (bicyclic) bond motifs is 2. The van der Waals surface area contributed by atoms with Gasteiger partial charge in [0.05, 0.1) is 11.5 Å². The summed E-state index contributed by atoms with van der Waals surface area (Å²) in [4.78, 5) is 45.4. The predicted octanol–water partition coefficient (Wildman–Crippen LogP) is 3.24. The molecule has 0 aromatic carbocycles. The molecule has 1 unspecified atom stereocenters. The Morgan fingerprint density at radius 2 is 1.68 bits per heavy atom. The Kier molecular flexibility index (Phi) is 7.40. The highest BCUT2D eigenvalue weighted by Crippen LogP contribution is 2.57. The van der Waals surface area contributed by atoms with Crippen LogP contribution >= 0.6 is 0 Å². The molecule has 2 fully saturated rings. The molecule has 8 heteroatoms. The average Bonchev–Trinajstić information content (AvgIpc) is 3.02. The van der Waals surface area contributed by atoms with Gasteiger partial charge in [-0.1, -0.05) is 51.8 Å². The molecule has 0 aromatic rings. The molecule has 4 aliphatic heterocycles. The Labute approximate surface area is 221 Å². The lowest BCUT2D eigenvalue weighted by atomic mass is 9.74. The predicted molar refractivity (Wildman–Crippen MR) is 139 cm³/mol. The van der Waals surface area contributed by atoms with E-state index in [1.54, 1.807) is 11.0 Å². The smallest absolute Gasteiger partial charge is 0.313 e. The summed E-state index contributed by atoms with van der Waals surface area (Å²) in [7, 11) is 0. The van der Waals surface area contributed by atoms with Gasteiger partial charge in [0.25, 0.3) is 0 Å². The fourth-order valence-electron chi connectivity index (χ4n) is 7.28. The van der Waals surface area contributed by atoms with Crippen molar-refractivity contribution < 1.29 is 29.0 Å². The molecule has 0 aliphatic carbocycles. The summed E-state index contributed by atoms with van der Waals surface area (Å²) in [5.74, 6) is -2.47. The summed E-state index contributed by atoms with van der Waals surface area (Å²) in [5.41, 5.74) is -2.74. The van der Waals surface area contributed by atoms with Gasteiger partial charge in [-0.3, -0.25) is 14.4 Å². The van der Waals surface area contributed by atoms with Crippen LogP contribution in [0.15, 0.2) is 24.3 Å². The van der Waals surface area contributed by atoms with Crippen LogP contribution in [0.4, 0.5) is 0 Å². The number of carbonyl (C=O) groups is 3. The number of carbonyl (C=O) groups excluding carboxylic acids is 3. The third kappa shape index (κ3) is 4.87. The van der Waals surface area contributed by atoms with Crippen LogP contribution < -0.4 is 0 Å². The molecule has 4 rings (SSSR count).